The monoisotopic (exact) mass is 410 g/mol. The number of hydrogen-bond donors (Lipinski definition) is 0. The fourth-order valence-corrected chi connectivity index (χ4v) is 5.04. The molecule has 4 rings (SSSR count). The van der Waals surface area contributed by atoms with Crippen LogP contribution < -0.4 is 0 Å². The van der Waals surface area contributed by atoms with Crippen LogP contribution in [0.1, 0.15) is 66.8 Å². The third-order valence-corrected chi connectivity index (χ3v) is 7.41. The second-order valence-corrected chi connectivity index (χ2v) is 9.99. The Balaban J connectivity index is 1.33. The molecule has 0 saturated heterocycles. The van der Waals surface area contributed by atoms with E-state index in [1.165, 1.54) is 77.5 Å². The Hall–Kier alpha value is -2.34. The standard InChI is InChI=1S/C31H38/c1-23-4-8-26(9-5-23)12-13-28-15-18-30(19-16-28)31-21-20-29(25(3)22-31)17-14-27-10-6-24(2)7-11-27/h4-5,8-9,15-16,18-22,24,27H,6-7,10-14,17H2,1-3H3. The molecular weight excluding hydrogens is 372 g/mol. The van der Waals surface area contributed by atoms with E-state index >= 15 is 0 Å². The van der Waals surface area contributed by atoms with Crippen LogP contribution in [0.4, 0.5) is 0 Å². The molecule has 0 heteroatoms. The Labute approximate surface area is 189 Å². The molecule has 1 saturated carbocycles. The summed E-state index contributed by atoms with van der Waals surface area (Å²) >= 11 is 0. The van der Waals surface area contributed by atoms with E-state index in [1.54, 1.807) is 0 Å². The molecule has 0 aromatic heterocycles. The average Bonchev–Trinajstić information content (AvgIpc) is 2.79. The highest BCUT2D eigenvalue weighted by Gasteiger charge is 2.18. The van der Waals surface area contributed by atoms with Gasteiger partial charge in [-0.3, -0.25) is 0 Å². The topological polar surface area (TPSA) is 0 Å². The first-order valence-electron chi connectivity index (χ1n) is 12.3. The predicted molar refractivity (Wildman–Crippen MR) is 135 cm³/mol. The molecule has 0 N–H and O–H groups in total. The summed E-state index contributed by atoms with van der Waals surface area (Å²) in [5.41, 5.74) is 9.83. The maximum atomic E-state index is 2.41. The van der Waals surface area contributed by atoms with Crippen molar-refractivity contribution in [3.8, 4) is 11.1 Å². The van der Waals surface area contributed by atoms with Crippen LogP contribution >= 0.6 is 0 Å². The second kappa shape index (κ2) is 10.3. The lowest BCUT2D eigenvalue weighted by atomic mass is 9.80. The van der Waals surface area contributed by atoms with Gasteiger partial charge in [0.2, 0.25) is 0 Å². The van der Waals surface area contributed by atoms with Crippen LogP contribution in [0.2, 0.25) is 0 Å². The molecule has 0 unspecified atom stereocenters. The number of benzene rings is 3. The van der Waals surface area contributed by atoms with Crippen molar-refractivity contribution < 1.29 is 0 Å². The molecule has 3 aromatic rings. The van der Waals surface area contributed by atoms with Gasteiger partial charge in [0.05, 0.1) is 0 Å². The summed E-state index contributed by atoms with van der Waals surface area (Å²) < 4.78 is 0. The highest BCUT2D eigenvalue weighted by atomic mass is 14.2. The van der Waals surface area contributed by atoms with Crippen molar-refractivity contribution in [3.05, 3.63) is 94.5 Å². The highest BCUT2D eigenvalue weighted by Crippen LogP contribution is 2.32. The molecule has 0 nitrogen and oxygen atoms in total. The highest BCUT2D eigenvalue weighted by molar-refractivity contribution is 5.65. The van der Waals surface area contributed by atoms with E-state index in [9.17, 15) is 0 Å². The summed E-state index contributed by atoms with van der Waals surface area (Å²) in [5.74, 6) is 1.90. The van der Waals surface area contributed by atoms with E-state index in [-0.39, 0.29) is 0 Å². The third kappa shape index (κ3) is 6.10. The molecule has 0 spiro atoms. The van der Waals surface area contributed by atoms with Crippen LogP contribution in [0.5, 0.6) is 0 Å². The van der Waals surface area contributed by atoms with Crippen LogP contribution in [-0.2, 0) is 19.3 Å². The summed E-state index contributed by atoms with van der Waals surface area (Å²) in [6.07, 6.45) is 10.6. The van der Waals surface area contributed by atoms with Crippen LogP contribution in [0.25, 0.3) is 11.1 Å². The Bertz CT molecular complexity index is 954. The average molecular weight is 411 g/mol. The third-order valence-electron chi connectivity index (χ3n) is 7.41. The quantitative estimate of drug-likeness (QED) is 0.366. The van der Waals surface area contributed by atoms with Gasteiger partial charge in [-0.15, -0.1) is 0 Å². The Morgan fingerprint density at radius 1 is 0.645 bits per heavy atom. The normalized spacial score (nSPS) is 18.8. The summed E-state index contributed by atoms with van der Waals surface area (Å²) in [4.78, 5) is 0. The van der Waals surface area contributed by atoms with Crippen LogP contribution in [0.3, 0.4) is 0 Å². The van der Waals surface area contributed by atoms with Gasteiger partial charge in [0.25, 0.3) is 0 Å². The molecule has 0 heterocycles. The Morgan fingerprint density at radius 3 is 1.84 bits per heavy atom. The lowest BCUT2D eigenvalue weighted by molar-refractivity contribution is 0.277. The first-order chi connectivity index (χ1) is 15.1. The molecule has 0 radical (unpaired) electrons. The predicted octanol–water partition coefficient (Wildman–Crippen LogP) is 8.51. The van der Waals surface area contributed by atoms with Gasteiger partial charge in [0.1, 0.15) is 0 Å². The van der Waals surface area contributed by atoms with Gasteiger partial charge < -0.3 is 0 Å². The zero-order chi connectivity index (χ0) is 21.6. The number of hydrogen-bond acceptors (Lipinski definition) is 0. The molecule has 0 amide bonds. The summed E-state index contributed by atoms with van der Waals surface area (Å²) in [7, 11) is 0. The van der Waals surface area contributed by atoms with E-state index in [0.717, 1.165) is 24.7 Å². The van der Waals surface area contributed by atoms with Gasteiger partial charge in [0.15, 0.2) is 0 Å². The van der Waals surface area contributed by atoms with Crippen molar-refractivity contribution in [2.45, 2.75) is 72.1 Å². The van der Waals surface area contributed by atoms with Gasteiger partial charge in [0, 0.05) is 0 Å². The molecule has 1 aliphatic rings. The lowest BCUT2D eigenvalue weighted by Gasteiger charge is -2.26. The van der Waals surface area contributed by atoms with Crippen molar-refractivity contribution in [1.82, 2.24) is 0 Å². The summed E-state index contributed by atoms with van der Waals surface area (Å²) in [6, 6.07) is 25.2. The van der Waals surface area contributed by atoms with Crippen LogP contribution in [-0.4, -0.2) is 0 Å². The van der Waals surface area contributed by atoms with E-state index in [0.29, 0.717) is 0 Å². The largest absolute Gasteiger partial charge is 0.0625 e. The van der Waals surface area contributed by atoms with E-state index in [2.05, 4.69) is 87.5 Å². The minimum atomic E-state index is 0.947. The Morgan fingerprint density at radius 2 is 1.23 bits per heavy atom. The summed E-state index contributed by atoms with van der Waals surface area (Å²) in [6.45, 7) is 6.85. The molecule has 3 aromatic carbocycles. The fourth-order valence-electron chi connectivity index (χ4n) is 5.04. The zero-order valence-electron chi connectivity index (χ0n) is 19.7. The Kier molecular flexibility index (Phi) is 7.28. The number of rotatable bonds is 7. The molecule has 162 valence electrons. The first kappa shape index (κ1) is 21.9. The van der Waals surface area contributed by atoms with Gasteiger partial charge in [-0.2, -0.15) is 0 Å². The van der Waals surface area contributed by atoms with Crippen LogP contribution in [0, 0.1) is 25.7 Å². The molecule has 0 aliphatic heterocycles. The maximum Gasteiger partial charge on any atom is -0.0181 e. The van der Waals surface area contributed by atoms with Crippen molar-refractivity contribution in [2.75, 3.05) is 0 Å². The van der Waals surface area contributed by atoms with Crippen molar-refractivity contribution in [1.29, 1.82) is 0 Å². The van der Waals surface area contributed by atoms with Crippen LogP contribution in [0.15, 0.2) is 66.7 Å². The van der Waals surface area contributed by atoms with E-state index in [4.69, 9.17) is 0 Å². The summed E-state index contributed by atoms with van der Waals surface area (Å²) in [5, 5.41) is 0. The first-order valence-corrected chi connectivity index (χ1v) is 12.3. The molecule has 1 aliphatic carbocycles. The van der Waals surface area contributed by atoms with E-state index < -0.39 is 0 Å². The van der Waals surface area contributed by atoms with Gasteiger partial charge in [-0.05, 0) is 84.7 Å². The molecular formula is C31H38. The molecule has 31 heavy (non-hydrogen) atoms. The molecule has 0 bridgehead atoms. The maximum absolute atomic E-state index is 2.41. The lowest BCUT2D eigenvalue weighted by Crippen LogP contribution is -2.13. The minimum Gasteiger partial charge on any atom is -0.0625 e. The smallest absolute Gasteiger partial charge is 0.0181 e. The second-order valence-electron chi connectivity index (χ2n) is 9.99. The number of aryl methyl sites for hydroxylation is 5. The SMILES string of the molecule is Cc1ccc(CCc2ccc(-c3ccc(CCC4CCC(C)CC4)c(C)c3)cc2)cc1. The fraction of sp³-hybridized carbons (Fsp3) is 0.419. The van der Waals surface area contributed by atoms with Gasteiger partial charge in [-0.25, -0.2) is 0 Å². The zero-order valence-corrected chi connectivity index (χ0v) is 19.7. The van der Waals surface area contributed by atoms with Gasteiger partial charge in [-0.1, -0.05) is 105 Å². The molecule has 0 atom stereocenters. The van der Waals surface area contributed by atoms with Crippen molar-refractivity contribution in [3.63, 3.8) is 0 Å². The van der Waals surface area contributed by atoms with E-state index in [1.807, 2.05) is 0 Å². The van der Waals surface area contributed by atoms with Crippen molar-refractivity contribution >= 4 is 0 Å². The van der Waals surface area contributed by atoms with Crippen molar-refractivity contribution in [2.24, 2.45) is 11.8 Å². The minimum absolute atomic E-state index is 0.947. The van der Waals surface area contributed by atoms with Gasteiger partial charge >= 0.3 is 0 Å². The molecule has 1 fully saturated rings.